The summed E-state index contributed by atoms with van der Waals surface area (Å²) < 4.78 is 5.43. The van der Waals surface area contributed by atoms with Crippen LogP contribution in [0.5, 0.6) is 0 Å². The Hall–Kier alpha value is -1.51. The predicted octanol–water partition coefficient (Wildman–Crippen LogP) is 0.565. The van der Waals surface area contributed by atoms with E-state index in [1.165, 1.54) is 0 Å². The number of rotatable bonds is 2. The van der Waals surface area contributed by atoms with Gasteiger partial charge in [-0.05, 0) is 18.9 Å². The zero-order valence-electron chi connectivity index (χ0n) is 11.1. The third-order valence-electron chi connectivity index (χ3n) is 4.05. The molecule has 3 heterocycles. The van der Waals surface area contributed by atoms with Crippen LogP contribution in [0.15, 0.2) is 6.20 Å². The Balaban J connectivity index is 1.58. The van der Waals surface area contributed by atoms with E-state index >= 15 is 0 Å². The highest BCUT2D eigenvalue weighted by Gasteiger charge is 2.26. The van der Waals surface area contributed by atoms with E-state index in [-0.39, 0.29) is 0 Å². The third-order valence-corrected chi connectivity index (χ3v) is 4.05. The Labute approximate surface area is 114 Å². The maximum atomic E-state index is 5.94. The molecule has 5 heteroatoms. The Kier molecular flexibility index (Phi) is 3.72. The molecule has 2 N–H and O–H groups in total. The van der Waals surface area contributed by atoms with Crippen LogP contribution in [0.25, 0.3) is 0 Å². The maximum Gasteiger partial charge on any atom is 0.115 e. The predicted molar refractivity (Wildman–Crippen MR) is 73.9 cm³/mol. The molecular weight excluding hydrogens is 240 g/mol. The fourth-order valence-electron chi connectivity index (χ4n) is 2.94. The fourth-order valence-corrected chi connectivity index (χ4v) is 2.94. The van der Waals surface area contributed by atoms with Crippen molar-refractivity contribution in [2.24, 2.45) is 0 Å². The quantitative estimate of drug-likeness (QED) is 0.842. The molecule has 5 nitrogen and oxygen atoms in total. The van der Waals surface area contributed by atoms with Crippen molar-refractivity contribution in [3.05, 3.63) is 18.5 Å². The van der Waals surface area contributed by atoms with Gasteiger partial charge < -0.3 is 15.4 Å². The molecule has 0 bridgehead atoms. The first-order valence-electron chi connectivity index (χ1n) is 6.95. The molecule has 2 aliphatic rings. The zero-order chi connectivity index (χ0) is 13.1. The lowest BCUT2D eigenvalue weighted by Gasteiger charge is -2.41. The van der Waals surface area contributed by atoms with Crippen LogP contribution in [-0.4, -0.2) is 55.3 Å². The van der Waals surface area contributed by atoms with Crippen molar-refractivity contribution < 1.29 is 4.74 Å². The Morgan fingerprint density at radius 3 is 2.63 bits per heavy atom. The number of nitrogens with zero attached hydrogens (tertiary/aromatic N) is 3. The number of ether oxygens (including phenoxy) is 1. The minimum Gasteiger partial charge on any atom is -0.395 e. The normalized spacial score (nSPS) is 22.2. The zero-order valence-corrected chi connectivity index (χ0v) is 11.1. The number of nitrogen functional groups attached to an aromatic ring is 1. The number of aromatic nitrogens is 1. The van der Waals surface area contributed by atoms with Gasteiger partial charge in [0.2, 0.25) is 0 Å². The Morgan fingerprint density at radius 2 is 1.95 bits per heavy atom. The molecule has 0 radical (unpaired) electrons. The van der Waals surface area contributed by atoms with Gasteiger partial charge in [0.1, 0.15) is 5.69 Å². The third kappa shape index (κ3) is 2.75. The summed E-state index contributed by atoms with van der Waals surface area (Å²) in [6.07, 6.45) is 6.72. The van der Waals surface area contributed by atoms with Gasteiger partial charge in [-0.1, -0.05) is 0 Å². The van der Waals surface area contributed by atoms with Crippen molar-refractivity contribution in [1.29, 1.82) is 0 Å². The molecule has 2 fully saturated rings. The van der Waals surface area contributed by atoms with Crippen LogP contribution in [0.1, 0.15) is 12.8 Å². The van der Waals surface area contributed by atoms with Crippen LogP contribution in [0.3, 0.4) is 0 Å². The van der Waals surface area contributed by atoms with Crippen molar-refractivity contribution in [3.8, 4) is 0 Å². The minimum atomic E-state index is 0.693. The largest absolute Gasteiger partial charge is 0.395 e. The molecule has 0 atom stereocenters. The molecule has 0 aliphatic carbocycles. The van der Waals surface area contributed by atoms with Crippen molar-refractivity contribution in [1.82, 2.24) is 9.88 Å². The smallest absolute Gasteiger partial charge is 0.115 e. The lowest BCUT2D eigenvalue weighted by Crippen LogP contribution is -2.51. The standard InChI is InChI=1S/C14H20N4O/c15-13-11-16-4-1-14(13)18-7-5-17(6-8-18)12-2-9-19-10-3-12/h11-12H,2-3,5-10,15H2. The summed E-state index contributed by atoms with van der Waals surface area (Å²) in [4.78, 5) is 8.74. The molecule has 2 aliphatic heterocycles. The lowest BCUT2D eigenvalue weighted by atomic mass is 10.1. The Bertz CT molecular complexity index is 412. The van der Waals surface area contributed by atoms with E-state index in [9.17, 15) is 0 Å². The van der Waals surface area contributed by atoms with Crippen LogP contribution in [0.4, 0.5) is 11.4 Å². The van der Waals surface area contributed by atoms with Gasteiger partial charge in [-0.2, -0.15) is 0 Å². The number of piperazine rings is 1. The second kappa shape index (κ2) is 5.64. The van der Waals surface area contributed by atoms with Gasteiger partial charge in [0.15, 0.2) is 0 Å². The molecule has 0 amide bonds. The van der Waals surface area contributed by atoms with Crippen LogP contribution < -0.4 is 10.6 Å². The summed E-state index contributed by atoms with van der Waals surface area (Å²) in [6.45, 7) is 5.97. The summed E-state index contributed by atoms with van der Waals surface area (Å²) >= 11 is 0. The molecule has 0 aromatic carbocycles. The van der Waals surface area contributed by atoms with Crippen LogP contribution in [0.2, 0.25) is 0 Å². The molecule has 1 aromatic heterocycles. The molecule has 2 saturated heterocycles. The summed E-state index contributed by atoms with van der Waals surface area (Å²) in [5, 5.41) is 0. The molecule has 0 unspecified atom stereocenters. The summed E-state index contributed by atoms with van der Waals surface area (Å²) in [5.41, 5.74) is 7.58. The highest BCUT2D eigenvalue weighted by molar-refractivity contribution is 5.64. The van der Waals surface area contributed by atoms with Gasteiger partial charge in [0.25, 0.3) is 0 Å². The minimum absolute atomic E-state index is 0.693. The average Bonchev–Trinajstić information content (AvgIpc) is 2.49. The van der Waals surface area contributed by atoms with E-state index < -0.39 is 0 Å². The van der Waals surface area contributed by atoms with Gasteiger partial charge in [0, 0.05) is 51.6 Å². The topological polar surface area (TPSA) is 54.6 Å². The Morgan fingerprint density at radius 1 is 1.21 bits per heavy atom. The van der Waals surface area contributed by atoms with Gasteiger partial charge in [-0.25, -0.2) is 4.98 Å². The fraction of sp³-hybridized carbons (Fsp3) is 0.643. The first-order chi connectivity index (χ1) is 9.34. The van der Waals surface area contributed by atoms with E-state index in [1.807, 2.05) is 0 Å². The van der Waals surface area contributed by atoms with Crippen molar-refractivity contribution >= 4 is 11.4 Å². The average molecular weight is 260 g/mol. The van der Waals surface area contributed by atoms with E-state index in [1.54, 1.807) is 6.20 Å². The van der Waals surface area contributed by atoms with E-state index in [0.29, 0.717) is 11.7 Å². The number of anilines is 2. The maximum absolute atomic E-state index is 5.94. The van der Waals surface area contributed by atoms with Gasteiger partial charge in [-0.3, -0.25) is 4.90 Å². The van der Waals surface area contributed by atoms with Crippen molar-refractivity contribution in [2.45, 2.75) is 18.9 Å². The first kappa shape index (κ1) is 12.5. The summed E-state index contributed by atoms with van der Waals surface area (Å²) in [7, 11) is 0. The lowest BCUT2D eigenvalue weighted by molar-refractivity contribution is 0.0321. The van der Waals surface area contributed by atoms with E-state index in [4.69, 9.17) is 10.5 Å². The summed E-state index contributed by atoms with van der Waals surface area (Å²) in [5.74, 6) is 0. The molecule has 0 saturated carbocycles. The molecule has 3 rings (SSSR count). The highest BCUT2D eigenvalue weighted by atomic mass is 16.5. The summed E-state index contributed by atoms with van der Waals surface area (Å²) in [6, 6.07) is 3.72. The molecule has 0 spiro atoms. The van der Waals surface area contributed by atoms with Gasteiger partial charge >= 0.3 is 0 Å². The number of nitrogens with two attached hydrogens (primary N) is 1. The molecule has 102 valence electrons. The monoisotopic (exact) mass is 260 g/mol. The van der Waals surface area contributed by atoms with E-state index in [0.717, 1.165) is 57.9 Å². The van der Waals surface area contributed by atoms with Gasteiger partial charge in [-0.15, -0.1) is 0 Å². The van der Waals surface area contributed by atoms with Crippen LogP contribution >= 0.6 is 0 Å². The van der Waals surface area contributed by atoms with Crippen LogP contribution in [-0.2, 0) is 4.74 Å². The second-order valence-corrected chi connectivity index (χ2v) is 5.17. The molecular formula is C14H20N4O. The number of hydrogen-bond acceptors (Lipinski definition) is 5. The van der Waals surface area contributed by atoms with E-state index in [2.05, 4.69) is 27.0 Å². The highest BCUT2D eigenvalue weighted by Crippen LogP contribution is 2.22. The molecule has 19 heavy (non-hydrogen) atoms. The SMILES string of the molecule is Nc1cnc#cc1N1CCN(C2CCOCC2)CC1. The molecule has 1 aromatic rings. The number of hydrogen-bond donors (Lipinski definition) is 1. The second-order valence-electron chi connectivity index (χ2n) is 5.17. The van der Waals surface area contributed by atoms with Crippen molar-refractivity contribution in [3.63, 3.8) is 0 Å². The van der Waals surface area contributed by atoms with Crippen LogP contribution in [0, 0.1) is 12.3 Å². The first-order valence-corrected chi connectivity index (χ1v) is 6.95. The van der Waals surface area contributed by atoms with Crippen molar-refractivity contribution in [2.75, 3.05) is 50.0 Å². The van der Waals surface area contributed by atoms with Gasteiger partial charge in [0.05, 0.1) is 11.9 Å².